The molecule has 86 valence electrons. The number of carbonyl (C=O) groups excluding carboxylic acids is 1. The Bertz CT molecular complexity index is 396. The number of primary amides is 1. The fourth-order valence-corrected chi connectivity index (χ4v) is 2.22. The molecular formula is C12H17N3O. The second kappa shape index (κ2) is 4.12. The van der Waals surface area contributed by atoms with Crippen molar-refractivity contribution in [3.8, 4) is 0 Å². The van der Waals surface area contributed by atoms with Gasteiger partial charge in [-0.2, -0.15) is 0 Å². The fourth-order valence-electron chi connectivity index (χ4n) is 2.22. The van der Waals surface area contributed by atoms with Crippen LogP contribution in [0.5, 0.6) is 0 Å². The monoisotopic (exact) mass is 219 g/mol. The Morgan fingerprint density at radius 1 is 1.44 bits per heavy atom. The molecule has 1 aromatic heterocycles. The molecule has 0 bridgehead atoms. The number of aryl methyl sites for hydroxylation is 2. The molecule has 0 spiro atoms. The van der Waals surface area contributed by atoms with E-state index in [1.54, 1.807) is 0 Å². The van der Waals surface area contributed by atoms with Crippen molar-refractivity contribution in [2.75, 3.05) is 18.0 Å². The summed E-state index contributed by atoms with van der Waals surface area (Å²) in [5, 5.41) is 0. The summed E-state index contributed by atoms with van der Waals surface area (Å²) in [6, 6.07) is 4.10. The van der Waals surface area contributed by atoms with Crippen molar-refractivity contribution in [1.29, 1.82) is 0 Å². The highest BCUT2D eigenvalue weighted by Gasteiger charge is 2.26. The van der Waals surface area contributed by atoms with Crippen molar-refractivity contribution >= 4 is 11.6 Å². The molecule has 4 nitrogen and oxygen atoms in total. The Morgan fingerprint density at radius 2 is 2.06 bits per heavy atom. The SMILES string of the molecule is Cc1cc(N2CCC(C(N)=O)C2)cc(C)n1. The Morgan fingerprint density at radius 3 is 2.56 bits per heavy atom. The van der Waals surface area contributed by atoms with Gasteiger partial charge in [0, 0.05) is 30.2 Å². The summed E-state index contributed by atoms with van der Waals surface area (Å²) in [6.07, 6.45) is 0.857. The molecule has 1 aliphatic rings. The molecule has 0 aromatic carbocycles. The van der Waals surface area contributed by atoms with E-state index in [2.05, 4.69) is 22.0 Å². The van der Waals surface area contributed by atoms with Gasteiger partial charge in [0.15, 0.2) is 0 Å². The summed E-state index contributed by atoms with van der Waals surface area (Å²) in [6.45, 7) is 5.60. The number of hydrogen-bond acceptors (Lipinski definition) is 3. The van der Waals surface area contributed by atoms with Crippen molar-refractivity contribution in [3.63, 3.8) is 0 Å². The molecule has 1 fully saturated rings. The van der Waals surface area contributed by atoms with Gasteiger partial charge in [0.05, 0.1) is 5.92 Å². The Kier molecular flexibility index (Phi) is 2.81. The van der Waals surface area contributed by atoms with Crippen LogP contribution >= 0.6 is 0 Å². The molecule has 4 heteroatoms. The summed E-state index contributed by atoms with van der Waals surface area (Å²) < 4.78 is 0. The van der Waals surface area contributed by atoms with Crippen LogP contribution in [-0.4, -0.2) is 24.0 Å². The summed E-state index contributed by atoms with van der Waals surface area (Å²) >= 11 is 0. The van der Waals surface area contributed by atoms with E-state index in [1.165, 1.54) is 0 Å². The Hall–Kier alpha value is -1.58. The molecule has 2 N–H and O–H groups in total. The third kappa shape index (κ3) is 2.15. The van der Waals surface area contributed by atoms with Crippen molar-refractivity contribution in [3.05, 3.63) is 23.5 Å². The Balaban J connectivity index is 2.17. The van der Waals surface area contributed by atoms with Crippen LogP contribution < -0.4 is 10.6 Å². The number of aromatic nitrogens is 1. The van der Waals surface area contributed by atoms with Crippen LogP contribution in [0.4, 0.5) is 5.69 Å². The van der Waals surface area contributed by atoms with Crippen molar-refractivity contribution in [1.82, 2.24) is 4.98 Å². The number of nitrogens with zero attached hydrogens (tertiary/aromatic N) is 2. The Labute approximate surface area is 95.5 Å². The molecule has 1 aliphatic heterocycles. The van der Waals surface area contributed by atoms with Crippen LogP contribution in [-0.2, 0) is 4.79 Å². The van der Waals surface area contributed by atoms with Crippen molar-refractivity contribution in [2.45, 2.75) is 20.3 Å². The molecule has 1 saturated heterocycles. The number of rotatable bonds is 2. The van der Waals surface area contributed by atoms with Gasteiger partial charge < -0.3 is 10.6 Å². The molecule has 1 aromatic rings. The van der Waals surface area contributed by atoms with E-state index in [0.717, 1.165) is 36.6 Å². The molecule has 2 heterocycles. The predicted molar refractivity (Wildman–Crippen MR) is 63.2 cm³/mol. The topological polar surface area (TPSA) is 59.2 Å². The van der Waals surface area contributed by atoms with Crippen LogP contribution in [0.2, 0.25) is 0 Å². The lowest BCUT2D eigenvalue weighted by Gasteiger charge is -2.19. The van der Waals surface area contributed by atoms with E-state index in [-0.39, 0.29) is 11.8 Å². The third-order valence-electron chi connectivity index (χ3n) is 3.02. The highest BCUT2D eigenvalue weighted by atomic mass is 16.1. The standard InChI is InChI=1S/C12H17N3O/c1-8-5-11(6-9(2)14-8)15-4-3-10(7-15)12(13)16/h5-6,10H,3-4,7H2,1-2H3,(H2,13,16). The van der Waals surface area contributed by atoms with Gasteiger partial charge in [-0.3, -0.25) is 9.78 Å². The van der Waals surface area contributed by atoms with Gasteiger partial charge in [-0.25, -0.2) is 0 Å². The molecular weight excluding hydrogens is 202 g/mol. The molecule has 0 radical (unpaired) electrons. The smallest absolute Gasteiger partial charge is 0.222 e. The molecule has 2 rings (SSSR count). The van der Waals surface area contributed by atoms with Gasteiger partial charge in [-0.1, -0.05) is 0 Å². The first-order valence-corrected chi connectivity index (χ1v) is 5.56. The predicted octanol–water partition coefficient (Wildman–Crippen LogP) is 1.01. The van der Waals surface area contributed by atoms with Gasteiger partial charge in [0.25, 0.3) is 0 Å². The normalized spacial score (nSPS) is 20.1. The molecule has 0 saturated carbocycles. The second-order valence-electron chi connectivity index (χ2n) is 4.44. The first kappa shape index (κ1) is 10.9. The zero-order valence-electron chi connectivity index (χ0n) is 9.73. The van der Waals surface area contributed by atoms with E-state index in [0.29, 0.717) is 0 Å². The maximum absolute atomic E-state index is 11.1. The van der Waals surface area contributed by atoms with E-state index < -0.39 is 0 Å². The maximum atomic E-state index is 11.1. The van der Waals surface area contributed by atoms with E-state index in [1.807, 2.05) is 13.8 Å². The summed E-state index contributed by atoms with van der Waals surface area (Å²) in [5.41, 5.74) is 8.49. The van der Waals surface area contributed by atoms with Gasteiger partial charge in [-0.05, 0) is 32.4 Å². The third-order valence-corrected chi connectivity index (χ3v) is 3.02. The number of hydrogen-bond donors (Lipinski definition) is 1. The molecule has 1 unspecified atom stereocenters. The first-order chi connectivity index (χ1) is 7.56. The van der Waals surface area contributed by atoms with E-state index in [9.17, 15) is 4.79 Å². The molecule has 1 atom stereocenters. The summed E-state index contributed by atoms with van der Waals surface area (Å²) in [4.78, 5) is 17.6. The minimum absolute atomic E-state index is 0.00576. The highest BCUT2D eigenvalue weighted by molar-refractivity contribution is 5.78. The lowest BCUT2D eigenvalue weighted by Crippen LogP contribution is -2.27. The zero-order chi connectivity index (χ0) is 11.7. The summed E-state index contributed by atoms with van der Waals surface area (Å²) in [7, 11) is 0. The average Bonchev–Trinajstić information content (AvgIpc) is 2.64. The van der Waals surface area contributed by atoms with Gasteiger partial charge in [0.2, 0.25) is 5.91 Å². The number of amides is 1. The van der Waals surface area contributed by atoms with Crippen molar-refractivity contribution in [2.24, 2.45) is 11.7 Å². The fraction of sp³-hybridized carbons (Fsp3) is 0.500. The number of nitrogens with two attached hydrogens (primary N) is 1. The number of carbonyl (C=O) groups is 1. The lowest BCUT2D eigenvalue weighted by atomic mass is 10.1. The minimum Gasteiger partial charge on any atom is -0.371 e. The van der Waals surface area contributed by atoms with Crippen LogP contribution in [0.1, 0.15) is 17.8 Å². The van der Waals surface area contributed by atoms with Crippen molar-refractivity contribution < 1.29 is 4.79 Å². The first-order valence-electron chi connectivity index (χ1n) is 5.56. The number of anilines is 1. The van der Waals surface area contributed by atoms with Crippen LogP contribution in [0.3, 0.4) is 0 Å². The van der Waals surface area contributed by atoms with E-state index in [4.69, 9.17) is 5.73 Å². The van der Waals surface area contributed by atoms with E-state index >= 15 is 0 Å². The van der Waals surface area contributed by atoms with Gasteiger partial charge in [0.1, 0.15) is 0 Å². The quantitative estimate of drug-likeness (QED) is 0.807. The highest BCUT2D eigenvalue weighted by Crippen LogP contribution is 2.24. The minimum atomic E-state index is -0.190. The van der Waals surface area contributed by atoms with Crippen LogP contribution in [0.15, 0.2) is 12.1 Å². The molecule has 16 heavy (non-hydrogen) atoms. The lowest BCUT2D eigenvalue weighted by molar-refractivity contribution is -0.121. The second-order valence-corrected chi connectivity index (χ2v) is 4.44. The van der Waals surface area contributed by atoms with Crippen LogP contribution in [0, 0.1) is 19.8 Å². The van der Waals surface area contributed by atoms with Crippen LogP contribution in [0.25, 0.3) is 0 Å². The zero-order valence-corrected chi connectivity index (χ0v) is 9.73. The summed E-state index contributed by atoms with van der Waals surface area (Å²) in [5.74, 6) is -0.196. The number of pyridine rings is 1. The molecule has 1 amide bonds. The van der Waals surface area contributed by atoms with Gasteiger partial charge >= 0.3 is 0 Å². The largest absolute Gasteiger partial charge is 0.371 e. The van der Waals surface area contributed by atoms with Gasteiger partial charge in [-0.15, -0.1) is 0 Å². The maximum Gasteiger partial charge on any atom is 0.222 e. The molecule has 0 aliphatic carbocycles. The average molecular weight is 219 g/mol.